The van der Waals surface area contributed by atoms with E-state index in [1.165, 1.54) is 6.20 Å². The minimum Gasteiger partial charge on any atom is -0.394 e. The number of nitrogens with zero attached hydrogens (tertiary/aromatic N) is 2. The van der Waals surface area contributed by atoms with Gasteiger partial charge in [-0.1, -0.05) is 6.92 Å². The Balaban J connectivity index is 2.91. The Bertz CT molecular complexity index is 325. The molecular formula is C9H15ClN4. The lowest BCUT2D eigenvalue weighted by atomic mass is 10.0. The normalized spacial score (nSPS) is 11.4. The van der Waals surface area contributed by atoms with Crippen molar-refractivity contribution in [2.45, 2.75) is 32.7 Å². The Morgan fingerprint density at radius 2 is 2.21 bits per heavy atom. The van der Waals surface area contributed by atoms with Crippen molar-refractivity contribution in [1.82, 2.24) is 9.97 Å². The predicted octanol–water partition coefficient (Wildman–Crippen LogP) is 2.31. The monoisotopic (exact) mass is 214 g/mol. The summed E-state index contributed by atoms with van der Waals surface area (Å²) in [6.45, 7) is 6.23. The van der Waals surface area contributed by atoms with Crippen molar-refractivity contribution in [1.29, 1.82) is 0 Å². The zero-order chi connectivity index (χ0) is 10.8. The molecule has 0 amide bonds. The summed E-state index contributed by atoms with van der Waals surface area (Å²) in [5.41, 5.74) is 6.17. The molecule has 78 valence electrons. The van der Waals surface area contributed by atoms with Crippen LogP contribution in [0, 0.1) is 0 Å². The van der Waals surface area contributed by atoms with Crippen molar-refractivity contribution >= 4 is 23.1 Å². The molecule has 0 bridgehead atoms. The van der Waals surface area contributed by atoms with Gasteiger partial charge in [0.2, 0.25) is 5.28 Å². The lowest BCUT2D eigenvalue weighted by Crippen LogP contribution is -2.30. The van der Waals surface area contributed by atoms with E-state index in [0.29, 0.717) is 11.5 Å². The van der Waals surface area contributed by atoms with Crippen LogP contribution in [0.25, 0.3) is 0 Å². The molecule has 0 radical (unpaired) electrons. The fourth-order valence-electron chi connectivity index (χ4n) is 0.879. The molecule has 0 atom stereocenters. The molecule has 4 nitrogen and oxygen atoms in total. The molecule has 0 aliphatic heterocycles. The molecule has 5 heteroatoms. The second-order valence-electron chi connectivity index (χ2n) is 3.81. The van der Waals surface area contributed by atoms with E-state index < -0.39 is 0 Å². The number of rotatable bonds is 3. The van der Waals surface area contributed by atoms with E-state index in [0.717, 1.165) is 6.42 Å². The lowest BCUT2D eigenvalue weighted by Gasteiger charge is -2.25. The van der Waals surface area contributed by atoms with Gasteiger partial charge in [0, 0.05) is 5.54 Å². The fraction of sp³-hybridized carbons (Fsp3) is 0.556. The Hall–Kier alpha value is -1.03. The van der Waals surface area contributed by atoms with Gasteiger partial charge in [0.25, 0.3) is 0 Å². The smallest absolute Gasteiger partial charge is 0.224 e. The fourth-order valence-corrected chi connectivity index (χ4v) is 1.01. The molecule has 1 heterocycles. The molecule has 0 aliphatic rings. The molecule has 0 fully saturated rings. The van der Waals surface area contributed by atoms with Gasteiger partial charge in [0.05, 0.1) is 11.9 Å². The highest BCUT2D eigenvalue weighted by Gasteiger charge is 2.16. The average Bonchev–Trinajstić information content (AvgIpc) is 2.11. The molecule has 1 aromatic heterocycles. The van der Waals surface area contributed by atoms with E-state index in [9.17, 15) is 0 Å². The highest BCUT2D eigenvalue weighted by atomic mass is 35.5. The zero-order valence-corrected chi connectivity index (χ0v) is 9.39. The van der Waals surface area contributed by atoms with Gasteiger partial charge in [-0.15, -0.1) is 0 Å². The SMILES string of the molecule is CCC(C)(C)Nc1nc(Cl)ncc1N. The Morgan fingerprint density at radius 3 is 2.79 bits per heavy atom. The maximum absolute atomic E-state index is 5.71. The second-order valence-corrected chi connectivity index (χ2v) is 4.14. The van der Waals surface area contributed by atoms with Gasteiger partial charge in [-0.25, -0.2) is 4.98 Å². The molecule has 0 saturated heterocycles. The maximum Gasteiger partial charge on any atom is 0.224 e. The number of anilines is 2. The minimum absolute atomic E-state index is 0.0498. The molecule has 1 aromatic rings. The van der Waals surface area contributed by atoms with Gasteiger partial charge in [0.1, 0.15) is 0 Å². The minimum atomic E-state index is -0.0498. The largest absolute Gasteiger partial charge is 0.394 e. The lowest BCUT2D eigenvalue weighted by molar-refractivity contribution is 0.545. The highest BCUT2D eigenvalue weighted by molar-refractivity contribution is 6.28. The van der Waals surface area contributed by atoms with Gasteiger partial charge >= 0.3 is 0 Å². The summed E-state index contributed by atoms with van der Waals surface area (Å²) in [5, 5.41) is 3.42. The van der Waals surface area contributed by atoms with Crippen molar-refractivity contribution in [3.05, 3.63) is 11.5 Å². The number of halogens is 1. The van der Waals surface area contributed by atoms with Crippen LogP contribution in [0.3, 0.4) is 0 Å². The van der Waals surface area contributed by atoms with Crippen molar-refractivity contribution in [3.63, 3.8) is 0 Å². The van der Waals surface area contributed by atoms with Crippen molar-refractivity contribution in [2.75, 3.05) is 11.1 Å². The van der Waals surface area contributed by atoms with Gasteiger partial charge in [0.15, 0.2) is 5.82 Å². The van der Waals surface area contributed by atoms with Crippen LogP contribution in [0.4, 0.5) is 11.5 Å². The second kappa shape index (κ2) is 4.00. The van der Waals surface area contributed by atoms with Gasteiger partial charge in [-0.05, 0) is 31.9 Å². The quantitative estimate of drug-likeness (QED) is 0.758. The summed E-state index contributed by atoms with van der Waals surface area (Å²) in [6.07, 6.45) is 2.47. The van der Waals surface area contributed by atoms with E-state index in [4.69, 9.17) is 17.3 Å². The van der Waals surface area contributed by atoms with Gasteiger partial charge < -0.3 is 11.1 Å². The number of nitrogens with two attached hydrogens (primary N) is 1. The van der Waals surface area contributed by atoms with Crippen molar-refractivity contribution in [2.24, 2.45) is 0 Å². The van der Waals surface area contributed by atoms with Crippen molar-refractivity contribution in [3.8, 4) is 0 Å². The molecule has 0 saturated carbocycles. The third-order valence-corrected chi connectivity index (χ3v) is 2.31. The van der Waals surface area contributed by atoms with Crippen LogP contribution in [0.15, 0.2) is 6.20 Å². The van der Waals surface area contributed by atoms with Crippen LogP contribution >= 0.6 is 11.6 Å². The number of nitrogen functional groups attached to an aromatic ring is 1. The van der Waals surface area contributed by atoms with Crippen LogP contribution < -0.4 is 11.1 Å². The number of hydrogen-bond acceptors (Lipinski definition) is 4. The zero-order valence-electron chi connectivity index (χ0n) is 8.63. The third kappa shape index (κ3) is 2.73. The van der Waals surface area contributed by atoms with Crippen LogP contribution in [0.1, 0.15) is 27.2 Å². The summed E-state index contributed by atoms with van der Waals surface area (Å²) in [7, 11) is 0. The Labute approximate surface area is 88.9 Å². The molecular weight excluding hydrogens is 200 g/mol. The average molecular weight is 215 g/mol. The topological polar surface area (TPSA) is 63.8 Å². The first kappa shape index (κ1) is 11.0. The standard InChI is InChI=1S/C9H15ClN4/c1-4-9(2,3)14-7-6(11)5-12-8(10)13-7/h5H,4,11H2,1-3H3,(H,12,13,14). The molecule has 14 heavy (non-hydrogen) atoms. The molecule has 0 aromatic carbocycles. The summed E-state index contributed by atoms with van der Waals surface area (Å²) in [4.78, 5) is 7.81. The van der Waals surface area contributed by atoms with Crippen molar-refractivity contribution < 1.29 is 0 Å². The summed E-state index contributed by atoms with van der Waals surface area (Å²) in [5.74, 6) is 0.594. The predicted molar refractivity (Wildman–Crippen MR) is 59.4 cm³/mol. The van der Waals surface area contributed by atoms with Crippen LogP contribution in [0.5, 0.6) is 0 Å². The summed E-state index contributed by atoms with van der Waals surface area (Å²) in [6, 6.07) is 0. The number of hydrogen-bond donors (Lipinski definition) is 2. The maximum atomic E-state index is 5.71. The van der Waals surface area contributed by atoms with Crippen LogP contribution in [-0.2, 0) is 0 Å². The van der Waals surface area contributed by atoms with Crippen LogP contribution in [0.2, 0.25) is 5.28 Å². The summed E-state index contributed by atoms with van der Waals surface area (Å²) >= 11 is 5.67. The first-order valence-corrected chi connectivity index (χ1v) is 4.88. The van der Waals surface area contributed by atoms with Gasteiger partial charge in [-0.3, -0.25) is 0 Å². The molecule has 0 unspecified atom stereocenters. The van der Waals surface area contributed by atoms with E-state index >= 15 is 0 Å². The number of aromatic nitrogens is 2. The third-order valence-electron chi connectivity index (χ3n) is 2.13. The van der Waals surface area contributed by atoms with E-state index in [-0.39, 0.29) is 10.8 Å². The van der Waals surface area contributed by atoms with E-state index in [2.05, 4.69) is 36.1 Å². The highest BCUT2D eigenvalue weighted by Crippen LogP contribution is 2.21. The first-order chi connectivity index (χ1) is 6.44. The number of nitrogens with one attached hydrogen (secondary N) is 1. The van der Waals surface area contributed by atoms with E-state index in [1.807, 2.05) is 0 Å². The molecule has 0 aliphatic carbocycles. The van der Waals surface area contributed by atoms with Gasteiger partial charge in [-0.2, -0.15) is 4.98 Å². The first-order valence-electron chi connectivity index (χ1n) is 4.51. The molecule has 3 N–H and O–H groups in total. The molecule has 0 spiro atoms. The van der Waals surface area contributed by atoms with E-state index in [1.54, 1.807) is 0 Å². The Morgan fingerprint density at radius 1 is 1.57 bits per heavy atom. The van der Waals surface area contributed by atoms with Crippen LogP contribution in [-0.4, -0.2) is 15.5 Å². The Kier molecular flexibility index (Phi) is 3.16. The summed E-state index contributed by atoms with van der Waals surface area (Å²) < 4.78 is 0. The molecule has 1 rings (SSSR count).